The van der Waals surface area contributed by atoms with E-state index in [1.807, 2.05) is 0 Å². The van der Waals surface area contributed by atoms with E-state index in [0.29, 0.717) is 13.2 Å². The van der Waals surface area contributed by atoms with E-state index in [2.05, 4.69) is 10.1 Å². The molecule has 0 bridgehead atoms. The highest BCUT2D eigenvalue weighted by Gasteiger charge is 2.11. The maximum atomic E-state index is 10.9. The number of carbonyl (C=O) groups excluding carboxylic acids is 1. The Morgan fingerprint density at radius 1 is 1.43 bits per heavy atom. The van der Waals surface area contributed by atoms with Crippen LogP contribution < -0.4 is 5.32 Å². The van der Waals surface area contributed by atoms with Crippen molar-refractivity contribution in [3.05, 3.63) is 0 Å². The van der Waals surface area contributed by atoms with Gasteiger partial charge in [0.25, 0.3) is 0 Å². The number of carbonyl (C=O) groups is 1. The van der Waals surface area contributed by atoms with E-state index in [0.717, 1.165) is 0 Å². The lowest BCUT2D eigenvalue weighted by atomic mass is 10.2. The van der Waals surface area contributed by atoms with Gasteiger partial charge in [-0.1, -0.05) is 0 Å². The van der Waals surface area contributed by atoms with E-state index in [4.69, 9.17) is 5.11 Å². The number of rotatable bonds is 7. The van der Waals surface area contributed by atoms with E-state index in [1.165, 1.54) is 0 Å². The molecular weight excluding hydrogens is 186 g/mol. The average molecular weight is 205 g/mol. The third kappa shape index (κ3) is 7.97. The van der Waals surface area contributed by atoms with Gasteiger partial charge in [-0.25, -0.2) is 0 Å². The molecule has 5 heteroatoms. The second-order valence-electron chi connectivity index (χ2n) is 3.17. The molecule has 0 fully saturated rings. The van der Waals surface area contributed by atoms with Crippen molar-refractivity contribution in [2.45, 2.75) is 32.5 Å². The van der Waals surface area contributed by atoms with E-state index in [1.54, 1.807) is 13.8 Å². The topological polar surface area (TPSA) is 78.8 Å². The lowest BCUT2D eigenvalue weighted by Gasteiger charge is -2.11. The molecule has 0 rings (SSSR count). The van der Waals surface area contributed by atoms with Gasteiger partial charge >= 0.3 is 5.97 Å². The molecule has 5 nitrogen and oxygen atoms in total. The molecule has 0 heterocycles. The molecule has 0 saturated heterocycles. The van der Waals surface area contributed by atoms with Crippen molar-refractivity contribution < 1.29 is 19.7 Å². The summed E-state index contributed by atoms with van der Waals surface area (Å²) >= 11 is 0. The molecule has 0 aromatic rings. The Balaban J connectivity index is 3.44. The van der Waals surface area contributed by atoms with Crippen molar-refractivity contribution in [2.24, 2.45) is 0 Å². The monoisotopic (exact) mass is 205 g/mol. The lowest BCUT2D eigenvalue weighted by Crippen LogP contribution is -2.33. The molecular formula is C9H19NO4. The van der Waals surface area contributed by atoms with Crippen LogP contribution in [0.1, 0.15) is 20.3 Å². The van der Waals surface area contributed by atoms with Crippen LogP contribution >= 0.6 is 0 Å². The summed E-state index contributed by atoms with van der Waals surface area (Å²) in [6, 6.07) is 0. The fourth-order valence-electron chi connectivity index (χ4n) is 0.943. The van der Waals surface area contributed by atoms with E-state index in [9.17, 15) is 9.90 Å². The summed E-state index contributed by atoms with van der Waals surface area (Å²) in [5, 5.41) is 21.0. The van der Waals surface area contributed by atoms with Gasteiger partial charge < -0.3 is 20.3 Å². The molecule has 84 valence electrons. The maximum absolute atomic E-state index is 10.9. The van der Waals surface area contributed by atoms with Crippen LogP contribution in [0.4, 0.5) is 0 Å². The highest BCUT2D eigenvalue weighted by molar-refractivity contribution is 5.69. The molecule has 0 aromatic heterocycles. The number of hydrogen-bond donors (Lipinski definition) is 3. The minimum Gasteiger partial charge on any atom is -0.466 e. The van der Waals surface area contributed by atoms with Crippen LogP contribution in [0.3, 0.4) is 0 Å². The number of aliphatic hydroxyl groups is 2. The second kappa shape index (κ2) is 7.73. The molecule has 0 aliphatic heterocycles. The third-order valence-electron chi connectivity index (χ3n) is 1.53. The van der Waals surface area contributed by atoms with Gasteiger partial charge in [-0.15, -0.1) is 0 Å². The highest BCUT2D eigenvalue weighted by atomic mass is 16.5. The Morgan fingerprint density at radius 3 is 2.57 bits per heavy atom. The van der Waals surface area contributed by atoms with Gasteiger partial charge in [-0.05, 0) is 13.8 Å². The summed E-state index contributed by atoms with van der Waals surface area (Å²) in [6.07, 6.45) is -1.22. The fraction of sp³-hybridized carbons (Fsp3) is 0.889. The van der Waals surface area contributed by atoms with Crippen molar-refractivity contribution in [1.29, 1.82) is 0 Å². The first-order valence-corrected chi connectivity index (χ1v) is 4.78. The summed E-state index contributed by atoms with van der Waals surface area (Å²) < 4.78 is 4.66. The number of esters is 1. The minimum atomic E-state index is -0.757. The highest BCUT2D eigenvalue weighted by Crippen LogP contribution is 1.93. The third-order valence-corrected chi connectivity index (χ3v) is 1.53. The van der Waals surface area contributed by atoms with Crippen molar-refractivity contribution in [3.8, 4) is 0 Å². The summed E-state index contributed by atoms with van der Waals surface area (Å²) in [5.74, 6) is -0.404. The summed E-state index contributed by atoms with van der Waals surface area (Å²) in [7, 11) is 0. The van der Waals surface area contributed by atoms with Gasteiger partial charge in [0.1, 0.15) is 0 Å². The van der Waals surface area contributed by atoms with E-state index < -0.39 is 18.2 Å². The molecule has 0 spiro atoms. The lowest BCUT2D eigenvalue weighted by molar-refractivity contribution is -0.145. The molecule has 2 atom stereocenters. The number of aliphatic hydroxyl groups excluding tert-OH is 2. The van der Waals surface area contributed by atoms with Gasteiger partial charge in [0.2, 0.25) is 0 Å². The first kappa shape index (κ1) is 13.4. The fourth-order valence-corrected chi connectivity index (χ4v) is 0.943. The van der Waals surface area contributed by atoms with Crippen LogP contribution in [-0.2, 0) is 9.53 Å². The van der Waals surface area contributed by atoms with Crippen LogP contribution in [0.15, 0.2) is 0 Å². The Labute approximate surface area is 84.1 Å². The zero-order valence-corrected chi connectivity index (χ0v) is 8.69. The van der Waals surface area contributed by atoms with Crippen molar-refractivity contribution in [3.63, 3.8) is 0 Å². The van der Waals surface area contributed by atoms with Gasteiger partial charge in [-0.2, -0.15) is 0 Å². The molecule has 2 unspecified atom stereocenters. The standard InChI is InChI=1S/C9H19NO4/c1-3-14-9(13)4-8(12)6-10-5-7(2)11/h7-8,10-12H,3-6H2,1-2H3. The number of ether oxygens (including phenoxy) is 1. The summed E-state index contributed by atoms with van der Waals surface area (Å²) in [5.41, 5.74) is 0. The van der Waals surface area contributed by atoms with E-state index in [-0.39, 0.29) is 13.0 Å². The maximum Gasteiger partial charge on any atom is 0.308 e. The molecule has 14 heavy (non-hydrogen) atoms. The van der Waals surface area contributed by atoms with Crippen molar-refractivity contribution in [2.75, 3.05) is 19.7 Å². The van der Waals surface area contributed by atoms with Gasteiger partial charge in [0.05, 0.1) is 25.2 Å². The van der Waals surface area contributed by atoms with Gasteiger partial charge in [0.15, 0.2) is 0 Å². The zero-order chi connectivity index (χ0) is 11.0. The molecule has 0 amide bonds. The molecule has 0 aliphatic rings. The normalized spacial score (nSPS) is 14.9. The molecule has 0 aromatic carbocycles. The van der Waals surface area contributed by atoms with Crippen molar-refractivity contribution >= 4 is 5.97 Å². The molecule has 0 radical (unpaired) electrons. The predicted molar refractivity (Wildman–Crippen MR) is 51.8 cm³/mol. The van der Waals surface area contributed by atoms with Crippen LogP contribution in [0, 0.1) is 0 Å². The van der Waals surface area contributed by atoms with Gasteiger partial charge in [-0.3, -0.25) is 4.79 Å². The minimum absolute atomic E-state index is 0.0132. The Bertz CT molecular complexity index is 161. The molecule has 3 N–H and O–H groups in total. The number of nitrogens with one attached hydrogen (secondary N) is 1. The Hall–Kier alpha value is -0.650. The van der Waals surface area contributed by atoms with Crippen LogP contribution in [-0.4, -0.2) is 48.1 Å². The summed E-state index contributed by atoms with van der Waals surface area (Å²) in [4.78, 5) is 10.9. The zero-order valence-electron chi connectivity index (χ0n) is 8.69. The SMILES string of the molecule is CCOC(=O)CC(O)CNCC(C)O. The first-order valence-electron chi connectivity index (χ1n) is 4.78. The smallest absolute Gasteiger partial charge is 0.308 e. The van der Waals surface area contributed by atoms with Crippen molar-refractivity contribution in [1.82, 2.24) is 5.32 Å². The van der Waals surface area contributed by atoms with Crippen LogP contribution in [0.25, 0.3) is 0 Å². The van der Waals surface area contributed by atoms with Gasteiger partial charge in [0, 0.05) is 13.1 Å². The molecule has 0 saturated carbocycles. The predicted octanol–water partition coefficient (Wildman–Crippen LogP) is -0.729. The summed E-state index contributed by atoms with van der Waals surface area (Å²) in [6.45, 7) is 4.37. The Kier molecular flexibility index (Phi) is 7.37. The first-order chi connectivity index (χ1) is 6.56. The Morgan fingerprint density at radius 2 is 2.07 bits per heavy atom. The quantitative estimate of drug-likeness (QED) is 0.478. The van der Waals surface area contributed by atoms with E-state index >= 15 is 0 Å². The second-order valence-corrected chi connectivity index (χ2v) is 3.17. The molecule has 0 aliphatic carbocycles. The average Bonchev–Trinajstić information content (AvgIpc) is 2.03. The van der Waals surface area contributed by atoms with Crippen LogP contribution in [0.2, 0.25) is 0 Å². The van der Waals surface area contributed by atoms with Crippen LogP contribution in [0.5, 0.6) is 0 Å². The number of hydrogen-bond acceptors (Lipinski definition) is 5. The largest absolute Gasteiger partial charge is 0.466 e.